The highest BCUT2D eigenvalue weighted by atomic mass is 32.2. The van der Waals surface area contributed by atoms with Gasteiger partial charge in [0.05, 0.1) is 10.3 Å². The smallest absolute Gasteiger partial charge is 0.303 e. The van der Waals surface area contributed by atoms with E-state index in [-0.39, 0.29) is 11.7 Å². The van der Waals surface area contributed by atoms with Gasteiger partial charge in [-0.1, -0.05) is 12.2 Å². The molecule has 1 saturated heterocycles. The summed E-state index contributed by atoms with van der Waals surface area (Å²) in [5.74, 6) is 0.273. The van der Waals surface area contributed by atoms with E-state index in [0.717, 1.165) is 12.2 Å². The lowest BCUT2D eigenvalue weighted by Crippen LogP contribution is -2.19. The maximum atomic E-state index is 11.4. The Kier molecular flexibility index (Phi) is 5.25. The minimum absolute atomic E-state index is 0.144. The summed E-state index contributed by atoms with van der Waals surface area (Å²) in [5, 5.41) is 9.26. The van der Waals surface area contributed by atoms with Gasteiger partial charge in [0.1, 0.15) is 0 Å². The van der Waals surface area contributed by atoms with Gasteiger partial charge in [-0.05, 0) is 18.6 Å². The van der Waals surface area contributed by atoms with Crippen LogP contribution in [0.25, 0.3) is 0 Å². The first-order chi connectivity index (χ1) is 6.70. The fourth-order valence-electron chi connectivity index (χ4n) is 1.20. The number of thioether (sulfide) groups is 1. The summed E-state index contributed by atoms with van der Waals surface area (Å²) in [7, 11) is -0.763. The molecule has 1 aliphatic heterocycles. The van der Waals surface area contributed by atoms with E-state index < -0.39 is 16.8 Å². The van der Waals surface area contributed by atoms with Crippen molar-refractivity contribution in [2.75, 3.05) is 10.8 Å². The van der Waals surface area contributed by atoms with E-state index in [1.807, 2.05) is 12.2 Å². The molecule has 0 aromatic carbocycles. The van der Waals surface area contributed by atoms with Crippen LogP contribution in [0.5, 0.6) is 0 Å². The Morgan fingerprint density at radius 1 is 1.64 bits per heavy atom. The highest BCUT2D eigenvalue weighted by molar-refractivity contribution is 8.11. The number of carbonyl (C=O) groups is 1. The van der Waals surface area contributed by atoms with Crippen LogP contribution in [0.1, 0.15) is 19.3 Å². The second kappa shape index (κ2) is 6.24. The molecular weight excluding hydrogens is 220 g/mol. The predicted octanol–water partition coefficient (Wildman–Crippen LogP) is 1.62. The van der Waals surface area contributed by atoms with Crippen LogP contribution in [0.15, 0.2) is 12.2 Å². The molecule has 2 unspecified atom stereocenters. The summed E-state index contributed by atoms with van der Waals surface area (Å²) in [4.78, 5) is 10.2. The van der Waals surface area contributed by atoms with Gasteiger partial charge in [-0.2, -0.15) is 0 Å². The van der Waals surface area contributed by atoms with E-state index in [0.29, 0.717) is 11.5 Å². The molecule has 0 bridgehead atoms. The Labute approximate surface area is 90.4 Å². The first kappa shape index (κ1) is 11.8. The van der Waals surface area contributed by atoms with Crippen molar-refractivity contribution in [2.24, 2.45) is 0 Å². The molecule has 1 fully saturated rings. The lowest BCUT2D eigenvalue weighted by atomic mass is 10.2. The van der Waals surface area contributed by atoms with E-state index in [9.17, 15) is 9.00 Å². The standard InChI is InChI=1S/C9H14O3S2/c10-9(11)4-2-1-3-8-5-6-13-7-14(8)12/h1,3,8H,2,4-7H2,(H,10,11). The third-order valence-corrected chi connectivity index (χ3v) is 5.15. The molecule has 1 heterocycles. The number of hydrogen-bond acceptors (Lipinski definition) is 3. The topological polar surface area (TPSA) is 54.4 Å². The molecule has 1 N–H and O–H groups in total. The minimum atomic E-state index is -0.782. The summed E-state index contributed by atoms with van der Waals surface area (Å²) in [5.41, 5.74) is 0. The zero-order valence-corrected chi connectivity index (χ0v) is 9.48. The van der Waals surface area contributed by atoms with Crippen molar-refractivity contribution in [3.8, 4) is 0 Å². The fourth-order valence-corrected chi connectivity index (χ4v) is 4.26. The van der Waals surface area contributed by atoms with Gasteiger partial charge in [-0.15, -0.1) is 11.8 Å². The second-order valence-corrected chi connectivity index (χ2v) is 6.22. The van der Waals surface area contributed by atoms with Gasteiger partial charge >= 0.3 is 5.97 Å². The monoisotopic (exact) mass is 234 g/mol. The Hall–Kier alpha value is -0.290. The zero-order valence-electron chi connectivity index (χ0n) is 7.85. The number of rotatable bonds is 4. The van der Waals surface area contributed by atoms with Crippen molar-refractivity contribution >= 4 is 28.5 Å². The van der Waals surface area contributed by atoms with Gasteiger partial charge in [0.25, 0.3) is 0 Å². The number of aliphatic carboxylic acids is 1. The molecule has 0 aliphatic carbocycles. The quantitative estimate of drug-likeness (QED) is 0.751. The predicted molar refractivity (Wildman–Crippen MR) is 59.9 cm³/mol. The van der Waals surface area contributed by atoms with Crippen molar-refractivity contribution in [1.82, 2.24) is 0 Å². The summed E-state index contributed by atoms with van der Waals surface area (Å²) >= 11 is 1.72. The molecule has 0 aromatic rings. The molecule has 14 heavy (non-hydrogen) atoms. The van der Waals surface area contributed by atoms with E-state index in [2.05, 4.69) is 0 Å². The molecule has 0 radical (unpaired) electrons. The molecule has 0 amide bonds. The molecule has 3 nitrogen and oxygen atoms in total. The van der Waals surface area contributed by atoms with Crippen LogP contribution in [0.2, 0.25) is 0 Å². The van der Waals surface area contributed by atoms with Crippen molar-refractivity contribution in [1.29, 1.82) is 0 Å². The maximum absolute atomic E-state index is 11.4. The van der Waals surface area contributed by atoms with Gasteiger partial charge in [-0.25, -0.2) is 0 Å². The summed E-state index contributed by atoms with van der Waals surface area (Å²) in [6.45, 7) is 0. The van der Waals surface area contributed by atoms with Crippen molar-refractivity contribution < 1.29 is 14.1 Å². The SMILES string of the molecule is O=C(O)CCC=CC1CCSCS1=O. The van der Waals surface area contributed by atoms with E-state index in [4.69, 9.17) is 5.11 Å². The van der Waals surface area contributed by atoms with Crippen molar-refractivity contribution in [3.05, 3.63) is 12.2 Å². The molecule has 0 spiro atoms. The van der Waals surface area contributed by atoms with Gasteiger partial charge in [0, 0.05) is 17.2 Å². The van der Waals surface area contributed by atoms with Crippen LogP contribution in [-0.4, -0.2) is 31.4 Å². The first-order valence-electron chi connectivity index (χ1n) is 4.53. The van der Waals surface area contributed by atoms with Gasteiger partial charge in [0.2, 0.25) is 0 Å². The van der Waals surface area contributed by atoms with Crippen molar-refractivity contribution in [3.63, 3.8) is 0 Å². The number of hydrogen-bond donors (Lipinski definition) is 1. The molecule has 80 valence electrons. The fraction of sp³-hybridized carbons (Fsp3) is 0.667. The lowest BCUT2D eigenvalue weighted by Gasteiger charge is -2.17. The molecule has 1 rings (SSSR count). The van der Waals surface area contributed by atoms with Crippen LogP contribution in [0.3, 0.4) is 0 Å². The zero-order chi connectivity index (χ0) is 10.4. The van der Waals surface area contributed by atoms with Crippen LogP contribution >= 0.6 is 11.8 Å². The average molecular weight is 234 g/mol. The summed E-state index contributed by atoms with van der Waals surface area (Å²) in [6.07, 6.45) is 5.40. The average Bonchev–Trinajstić information content (AvgIpc) is 2.15. The number of carboxylic acids is 1. The molecule has 0 aromatic heterocycles. The number of allylic oxidation sites excluding steroid dienone is 1. The first-order valence-corrected chi connectivity index (χ1v) is 7.07. The number of carboxylic acid groups (broad SMARTS) is 1. The lowest BCUT2D eigenvalue weighted by molar-refractivity contribution is -0.136. The molecule has 5 heteroatoms. The Morgan fingerprint density at radius 2 is 2.43 bits per heavy atom. The van der Waals surface area contributed by atoms with E-state index in [1.165, 1.54) is 0 Å². The van der Waals surface area contributed by atoms with E-state index >= 15 is 0 Å². The Balaban J connectivity index is 2.27. The summed E-state index contributed by atoms with van der Waals surface area (Å²) in [6, 6.07) is 0. The second-order valence-electron chi connectivity index (χ2n) is 3.09. The normalized spacial score (nSPS) is 28.0. The van der Waals surface area contributed by atoms with Crippen LogP contribution in [0, 0.1) is 0 Å². The molecule has 0 saturated carbocycles. The van der Waals surface area contributed by atoms with E-state index in [1.54, 1.807) is 11.8 Å². The van der Waals surface area contributed by atoms with Crippen molar-refractivity contribution in [2.45, 2.75) is 24.5 Å². The van der Waals surface area contributed by atoms with Crippen LogP contribution in [0.4, 0.5) is 0 Å². The van der Waals surface area contributed by atoms with Gasteiger partial charge in [0.15, 0.2) is 0 Å². The molecular formula is C9H14O3S2. The highest BCUT2D eigenvalue weighted by Crippen LogP contribution is 2.20. The maximum Gasteiger partial charge on any atom is 0.303 e. The Bertz CT molecular complexity index is 250. The minimum Gasteiger partial charge on any atom is -0.481 e. The third-order valence-electron chi connectivity index (χ3n) is 1.96. The largest absolute Gasteiger partial charge is 0.481 e. The molecule has 2 atom stereocenters. The molecule has 1 aliphatic rings. The van der Waals surface area contributed by atoms with Crippen LogP contribution in [-0.2, 0) is 15.6 Å². The summed E-state index contributed by atoms with van der Waals surface area (Å²) < 4.78 is 11.4. The third kappa shape index (κ3) is 4.28. The van der Waals surface area contributed by atoms with Gasteiger partial charge in [-0.3, -0.25) is 9.00 Å². The van der Waals surface area contributed by atoms with Gasteiger partial charge < -0.3 is 5.11 Å². The Morgan fingerprint density at radius 3 is 3.07 bits per heavy atom. The highest BCUT2D eigenvalue weighted by Gasteiger charge is 2.17. The van der Waals surface area contributed by atoms with Crippen LogP contribution < -0.4 is 0 Å².